The van der Waals surface area contributed by atoms with Crippen LogP contribution in [0.2, 0.25) is 0 Å². The summed E-state index contributed by atoms with van der Waals surface area (Å²) in [5, 5.41) is 0. The number of nitrogens with zero attached hydrogens (tertiary/aromatic N) is 2. The second-order valence-corrected chi connectivity index (χ2v) is 3.93. The topological polar surface area (TPSA) is 27.1 Å². The van der Waals surface area contributed by atoms with Gasteiger partial charge in [-0.25, -0.2) is 4.98 Å². The number of ether oxygens (including phenoxy) is 1. The highest BCUT2D eigenvalue weighted by Gasteiger charge is 2.07. The van der Waals surface area contributed by atoms with Crippen LogP contribution in [0.4, 0.5) is 0 Å². The Morgan fingerprint density at radius 3 is 2.71 bits per heavy atom. The third-order valence-electron chi connectivity index (χ3n) is 2.83. The van der Waals surface area contributed by atoms with Gasteiger partial charge in [-0.15, -0.1) is 0 Å². The van der Waals surface area contributed by atoms with Gasteiger partial charge >= 0.3 is 0 Å². The van der Waals surface area contributed by atoms with Gasteiger partial charge < -0.3 is 9.30 Å². The van der Waals surface area contributed by atoms with Crippen molar-refractivity contribution in [3.63, 3.8) is 0 Å². The molecule has 2 aromatic rings. The van der Waals surface area contributed by atoms with Gasteiger partial charge in [-0.1, -0.05) is 30.3 Å². The molecule has 3 nitrogen and oxygen atoms in total. The first-order valence-electron chi connectivity index (χ1n) is 5.97. The lowest BCUT2D eigenvalue weighted by molar-refractivity contribution is 0.138. The summed E-state index contributed by atoms with van der Waals surface area (Å²) in [7, 11) is 0. The molecule has 0 amide bonds. The number of benzene rings is 1. The Labute approximate surface area is 102 Å². The molecular weight excluding hydrogens is 212 g/mol. The van der Waals surface area contributed by atoms with Crippen LogP contribution in [0.5, 0.6) is 0 Å². The third-order valence-corrected chi connectivity index (χ3v) is 2.83. The van der Waals surface area contributed by atoms with Gasteiger partial charge in [0.1, 0.15) is 0 Å². The van der Waals surface area contributed by atoms with E-state index < -0.39 is 0 Å². The predicted molar refractivity (Wildman–Crippen MR) is 68.9 cm³/mol. The Balaban J connectivity index is 2.15. The molecule has 1 heterocycles. The van der Waals surface area contributed by atoms with Crippen molar-refractivity contribution in [2.24, 2.45) is 0 Å². The van der Waals surface area contributed by atoms with E-state index >= 15 is 0 Å². The molecule has 0 atom stereocenters. The lowest BCUT2D eigenvalue weighted by Crippen LogP contribution is -2.06. The highest BCUT2D eigenvalue weighted by Crippen LogP contribution is 2.20. The minimum Gasteiger partial charge on any atom is -0.380 e. The summed E-state index contributed by atoms with van der Waals surface area (Å²) in [4.78, 5) is 4.47. The summed E-state index contributed by atoms with van der Waals surface area (Å²) in [6.45, 7) is 6.47. The van der Waals surface area contributed by atoms with Crippen molar-refractivity contribution in [3.8, 4) is 11.3 Å². The Kier molecular flexibility index (Phi) is 3.94. The number of aromatic nitrogens is 2. The van der Waals surface area contributed by atoms with Crippen molar-refractivity contribution in [1.29, 1.82) is 0 Å². The van der Waals surface area contributed by atoms with Crippen LogP contribution in [0, 0.1) is 6.92 Å². The third kappa shape index (κ3) is 2.74. The molecule has 0 fully saturated rings. The van der Waals surface area contributed by atoms with Crippen molar-refractivity contribution in [2.45, 2.75) is 20.4 Å². The number of imidazole rings is 1. The summed E-state index contributed by atoms with van der Waals surface area (Å²) < 4.78 is 7.50. The average molecular weight is 230 g/mol. The summed E-state index contributed by atoms with van der Waals surface area (Å²) in [6, 6.07) is 10.3. The van der Waals surface area contributed by atoms with Crippen LogP contribution in [0.25, 0.3) is 11.3 Å². The molecule has 3 heteroatoms. The van der Waals surface area contributed by atoms with Crippen LogP contribution < -0.4 is 0 Å². The second-order valence-electron chi connectivity index (χ2n) is 3.93. The fourth-order valence-electron chi connectivity index (χ4n) is 1.86. The Morgan fingerprint density at radius 1 is 1.24 bits per heavy atom. The maximum Gasteiger partial charge on any atom is 0.0956 e. The molecule has 0 bridgehead atoms. The van der Waals surface area contributed by atoms with E-state index in [2.05, 4.69) is 28.6 Å². The maximum atomic E-state index is 5.36. The fraction of sp³-hybridized carbons (Fsp3) is 0.357. The van der Waals surface area contributed by atoms with Crippen molar-refractivity contribution in [2.75, 3.05) is 13.2 Å². The molecule has 0 aliphatic rings. The van der Waals surface area contributed by atoms with Gasteiger partial charge in [-0.05, 0) is 13.8 Å². The summed E-state index contributed by atoms with van der Waals surface area (Å²) >= 11 is 0. The SMILES string of the molecule is CCOCCn1cnc(-c2ccccc2)c1C. The van der Waals surface area contributed by atoms with Gasteiger partial charge in [0.2, 0.25) is 0 Å². The van der Waals surface area contributed by atoms with Crippen LogP contribution >= 0.6 is 0 Å². The first-order chi connectivity index (χ1) is 8.33. The molecule has 0 aliphatic heterocycles. The van der Waals surface area contributed by atoms with E-state index in [0.717, 1.165) is 25.5 Å². The van der Waals surface area contributed by atoms with Crippen molar-refractivity contribution in [3.05, 3.63) is 42.4 Å². The van der Waals surface area contributed by atoms with Gasteiger partial charge in [-0.3, -0.25) is 0 Å². The zero-order valence-corrected chi connectivity index (χ0v) is 10.4. The van der Waals surface area contributed by atoms with Gasteiger partial charge in [0.15, 0.2) is 0 Å². The zero-order valence-electron chi connectivity index (χ0n) is 10.4. The molecule has 0 saturated carbocycles. The summed E-state index contributed by atoms with van der Waals surface area (Å²) in [6.07, 6.45) is 1.89. The molecular formula is C14H18N2O. The standard InChI is InChI=1S/C14H18N2O/c1-3-17-10-9-16-11-15-14(12(16)2)13-7-5-4-6-8-13/h4-8,11H,3,9-10H2,1-2H3. The van der Waals surface area contributed by atoms with E-state index in [-0.39, 0.29) is 0 Å². The van der Waals surface area contributed by atoms with E-state index in [0.29, 0.717) is 0 Å². The number of rotatable bonds is 5. The van der Waals surface area contributed by atoms with Gasteiger partial charge in [0, 0.05) is 24.4 Å². The maximum absolute atomic E-state index is 5.36. The predicted octanol–water partition coefficient (Wildman–Crippen LogP) is 2.90. The molecule has 90 valence electrons. The van der Waals surface area contributed by atoms with Crippen LogP contribution in [-0.2, 0) is 11.3 Å². The zero-order chi connectivity index (χ0) is 12.1. The van der Waals surface area contributed by atoms with E-state index in [1.54, 1.807) is 0 Å². The Morgan fingerprint density at radius 2 is 2.00 bits per heavy atom. The van der Waals surface area contributed by atoms with Crippen LogP contribution in [0.3, 0.4) is 0 Å². The molecule has 17 heavy (non-hydrogen) atoms. The van der Waals surface area contributed by atoms with Crippen LogP contribution in [0.15, 0.2) is 36.7 Å². The number of hydrogen-bond acceptors (Lipinski definition) is 2. The largest absolute Gasteiger partial charge is 0.380 e. The van der Waals surface area contributed by atoms with Crippen LogP contribution in [-0.4, -0.2) is 22.8 Å². The minimum atomic E-state index is 0.738. The van der Waals surface area contributed by atoms with E-state index in [9.17, 15) is 0 Å². The monoisotopic (exact) mass is 230 g/mol. The normalized spacial score (nSPS) is 10.7. The average Bonchev–Trinajstić information content (AvgIpc) is 2.73. The second kappa shape index (κ2) is 5.64. The molecule has 2 rings (SSSR count). The molecule has 0 unspecified atom stereocenters. The lowest BCUT2D eigenvalue weighted by atomic mass is 10.1. The Hall–Kier alpha value is -1.61. The molecule has 0 N–H and O–H groups in total. The first-order valence-corrected chi connectivity index (χ1v) is 5.97. The Bertz CT molecular complexity index is 462. The van der Waals surface area contributed by atoms with E-state index in [1.165, 1.54) is 11.3 Å². The van der Waals surface area contributed by atoms with Gasteiger partial charge in [0.25, 0.3) is 0 Å². The lowest BCUT2D eigenvalue weighted by Gasteiger charge is -2.06. The van der Waals surface area contributed by atoms with E-state index in [1.807, 2.05) is 31.5 Å². The molecule has 1 aromatic carbocycles. The number of hydrogen-bond donors (Lipinski definition) is 0. The quantitative estimate of drug-likeness (QED) is 0.738. The van der Waals surface area contributed by atoms with Gasteiger partial charge in [0.05, 0.1) is 18.6 Å². The highest BCUT2D eigenvalue weighted by atomic mass is 16.5. The molecule has 0 aliphatic carbocycles. The molecule has 0 saturated heterocycles. The van der Waals surface area contributed by atoms with Crippen molar-refractivity contribution in [1.82, 2.24) is 9.55 Å². The molecule has 0 radical (unpaired) electrons. The first kappa shape index (κ1) is 11.9. The molecule has 1 aromatic heterocycles. The summed E-state index contributed by atoms with van der Waals surface area (Å²) in [5.41, 5.74) is 3.41. The van der Waals surface area contributed by atoms with Crippen LogP contribution in [0.1, 0.15) is 12.6 Å². The van der Waals surface area contributed by atoms with E-state index in [4.69, 9.17) is 4.74 Å². The summed E-state index contributed by atoms with van der Waals surface area (Å²) in [5.74, 6) is 0. The smallest absolute Gasteiger partial charge is 0.0956 e. The fourth-order valence-corrected chi connectivity index (χ4v) is 1.86. The van der Waals surface area contributed by atoms with Crippen molar-refractivity contribution < 1.29 is 4.74 Å². The van der Waals surface area contributed by atoms with Crippen molar-refractivity contribution >= 4 is 0 Å². The minimum absolute atomic E-state index is 0.738. The van der Waals surface area contributed by atoms with Gasteiger partial charge in [-0.2, -0.15) is 0 Å². The molecule has 0 spiro atoms. The highest BCUT2D eigenvalue weighted by molar-refractivity contribution is 5.61.